The molecule has 0 aliphatic rings. The first-order valence-electron chi connectivity index (χ1n) is 4.08. The van der Waals surface area contributed by atoms with Gasteiger partial charge in [-0.25, -0.2) is 4.98 Å². The Labute approximate surface area is 86.8 Å². The van der Waals surface area contributed by atoms with Crippen LogP contribution in [-0.2, 0) is 0 Å². The maximum Gasteiger partial charge on any atom is 0.420 e. The second kappa shape index (κ2) is 3.21. The SMILES string of the molecule is Cc1nc2sccn2c1[C@@H](O)C(F)(F)F. The van der Waals surface area contributed by atoms with Crippen molar-refractivity contribution in [3.8, 4) is 0 Å². The number of nitrogens with zero attached hydrogens (tertiary/aromatic N) is 2. The van der Waals surface area contributed by atoms with E-state index in [1.165, 1.54) is 28.9 Å². The molecular weight excluding hydrogens is 229 g/mol. The molecule has 0 spiro atoms. The van der Waals surface area contributed by atoms with Crippen LogP contribution in [0.2, 0.25) is 0 Å². The second-order valence-corrected chi connectivity index (χ2v) is 3.96. The average Bonchev–Trinajstić information content (AvgIpc) is 2.60. The number of aryl methyl sites for hydroxylation is 1. The van der Waals surface area contributed by atoms with Crippen LogP contribution in [0, 0.1) is 6.92 Å². The minimum Gasteiger partial charge on any atom is -0.378 e. The molecule has 0 radical (unpaired) electrons. The van der Waals surface area contributed by atoms with Crippen LogP contribution in [0.25, 0.3) is 4.96 Å². The molecule has 0 amide bonds. The number of aromatic nitrogens is 2. The molecule has 82 valence electrons. The molecule has 0 aromatic carbocycles. The lowest BCUT2D eigenvalue weighted by molar-refractivity contribution is -0.208. The molecule has 0 bridgehead atoms. The van der Waals surface area contributed by atoms with Crippen LogP contribution in [0.5, 0.6) is 0 Å². The highest BCUT2D eigenvalue weighted by molar-refractivity contribution is 7.15. The van der Waals surface area contributed by atoms with Crippen molar-refractivity contribution < 1.29 is 18.3 Å². The molecule has 2 aromatic heterocycles. The van der Waals surface area contributed by atoms with E-state index in [-0.39, 0.29) is 11.4 Å². The number of imidazole rings is 1. The fourth-order valence-electron chi connectivity index (χ4n) is 1.40. The van der Waals surface area contributed by atoms with E-state index in [9.17, 15) is 13.2 Å². The summed E-state index contributed by atoms with van der Waals surface area (Å²) in [4.78, 5) is 4.38. The maximum absolute atomic E-state index is 12.3. The summed E-state index contributed by atoms with van der Waals surface area (Å²) < 4.78 is 38.3. The lowest BCUT2D eigenvalue weighted by atomic mass is 10.2. The van der Waals surface area contributed by atoms with Crippen LogP contribution in [0.15, 0.2) is 11.6 Å². The Bertz CT molecular complexity index is 487. The van der Waals surface area contributed by atoms with E-state index < -0.39 is 12.3 Å². The van der Waals surface area contributed by atoms with Crippen LogP contribution in [-0.4, -0.2) is 20.7 Å². The normalized spacial score (nSPS) is 14.7. The number of hydrogen-bond acceptors (Lipinski definition) is 3. The lowest BCUT2D eigenvalue weighted by Crippen LogP contribution is -2.22. The predicted molar refractivity (Wildman–Crippen MR) is 48.8 cm³/mol. The van der Waals surface area contributed by atoms with Crippen LogP contribution in [0.1, 0.15) is 17.5 Å². The number of fused-ring (bicyclic) bond motifs is 1. The Kier molecular flexibility index (Phi) is 2.23. The van der Waals surface area contributed by atoms with Crippen molar-refractivity contribution >= 4 is 16.3 Å². The van der Waals surface area contributed by atoms with Crippen LogP contribution in [0.3, 0.4) is 0 Å². The Morgan fingerprint density at radius 1 is 1.53 bits per heavy atom. The first-order valence-corrected chi connectivity index (χ1v) is 4.96. The molecular formula is C8H7F3N2OS. The summed E-state index contributed by atoms with van der Waals surface area (Å²) in [6.45, 7) is 1.45. The molecule has 7 heteroatoms. The van der Waals surface area contributed by atoms with Gasteiger partial charge in [0, 0.05) is 11.6 Å². The maximum atomic E-state index is 12.3. The highest BCUT2D eigenvalue weighted by Gasteiger charge is 2.42. The zero-order valence-corrected chi connectivity index (χ0v) is 8.43. The van der Waals surface area contributed by atoms with E-state index >= 15 is 0 Å². The topological polar surface area (TPSA) is 37.5 Å². The molecule has 0 aliphatic heterocycles. The van der Waals surface area contributed by atoms with Gasteiger partial charge in [-0.2, -0.15) is 13.2 Å². The second-order valence-electron chi connectivity index (χ2n) is 3.08. The lowest BCUT2D eigenvalue weighted by Gasteiger charge is -2.14. The minimum absolute atomic E-state index is 0.201. The zero-order chi connectivity index (χ0) is 11.2. The summed E-state index contributed by atoms with van der Waals surface area (Å²) in [6, 6.07) is 0. The molecule has 0 unspecified atom stereocenters. The van der Waals surface area contributed by atoms with Gasteiger partial charge < -0.3 is 5.11 Å². The van der Waals surface area contributed by atoms with Gasteiger partial charge in [-0.1, -0.05) is 0 Å². The van der Waals surface area contributed by atoms with Gasteiger partial charge in [0.05, 0.1) is 11.4 Å². The smallest absolute Gasteiger partial charge is 0.378 e. The molecule has 0 aliphatic carbocycles. The van der Waals surface area contributed by atoms with Crippen LogP contribution >= 0.6 is 11.3 Å². The van der Waals surface area contributed by atoms with Gasteiger partial charge in [0.1, 0.15) is 0 Å². The van der Waals surface area contributed by atoms with Crippen LogP contribution in [0.4, 0.5) is 13.2 Å². The van der Waals surface area contributed by atoms with Gasteiger partial charge in [-0.05, 0) is 6.92 Å². The van der Waals surface area contributed by atoms with E-state index in [1.807, 2.05) is 0 Å². The summed E-state index contributed by atoms with van der Waals surface area (Å²) in [5.41, 5.74) is -0.00887. The van der Waals surface area contributed by atoms with E-state index in [1.54, 1.807) is 5.38 Å². The van der Waals surface area contributed by atoms with Crippen molar-refractivity contribution in [1.82, 2.24) is 9.38 Å². The van der Waals surface area contributed by atoms with Gasteiger partial charge in [0.2, 0.25) is 0 Å². The summed E-state index contributed by atoms with van der Waals surface area (Å²) >= 11 is 1.22. The summed E-state index contributed by atoms with van der Waals surface area (Å²) in [7, 11) is 0. The first kappa shape index (κ1) is 10.4. The van der Waals surface area contributed by atoms with E-state index in [0.29, 0.717) is 4.96 Å². The number of rotatable bonds is 1. The monoisotopic (exact) mass is 236 g/mol. The van der Waals surface area contributed by atoms with Gasteiger partial charge in [0.25, 0.3) is 0 Å². The molecule has 0 saturated carbocycles. The van der Waals surface area contributed by atoms with Gasteiger partial charge in [0.15, 0.2) is 11.1 Å². The first-order chi connectivity index (χ1) is 6.91. The zero-order valence-electron chi connectivity index (χ0n) is 7.62. The average molecular weight is 236 g/mol. The number of halogens is 3. The standard InChI is InChI=1S/C8H7F3N2OS/c1-4-5(6(14)8(9,10)11)13-2-3-15-7(13)12-4/h2-3,6,14H,1H3/t6-/m1/s1. The predicted octanol–water partition coefficient (Wildman–Crippen LogP) is 2.30. The Morgan fingerprint density at radius 3 is 2.80 bits per heavy atom. The van der Waals surface area contributed by atoms with Crippen molar-refractivity contribution in [2.45, 2.75) is 19.2 Å². The van der Waals surface area contributed by atoms with Crippen molar-refractivity contribution in [2.75, 3.05) is 0 Å². The van der Waals surface area contributed by atoms with Crippen molar-refractivity contribution in [1.29, 1.82) is 0 Å². The summed E-state index contributed by atoms with van der Waals surface area (Å²) in [5, 5.41) is 10.8. The largest absolute Gasteiger partial charge is 0.420 e. The highest BCUT2D eigenvalue weighted by atomic mass is 32.1. The Morgan fingerprint density at radius 2 is 2.20 bits per heavy atom. The fraction of sp³-hybridized carbons (Fsp3) is 0.375. The van der Waals surface area contributed by atoms with Gasteiger partial charge in [-0.3, -0.25) is 4.40 Å². The summed E-state index contributed by atoms with van der Waals surface area (Å²) in [6.07, 6.45) is -5.69. The van der Waals surface area contributed by atoms with E-state index in [4.69, 9.17) is 5.11 Å². The number of thiazole rings is 1. The number of hydrogen-bond donors (Lipinski definition) is 1. The van der Waals surface area contributed by atoms with Crippen molar-refractivity contribution in [2.24, 2.45) is 0 Å². The van der Waals surface area contributed by atoms with Gasteiger partial charge in [-0.15, -0.1) is 11.3 Å². The third kappa shape index (κ3) is 1.61. The molecule has 3 nitrogen and oxygen atoms in total. The van der Waals surface area contributed by atoms with Gasteiger partial charge >= 0.3 is 6.18 Å². The third-order valence-electron chi connectivity index (χ3n) is 2.05. The fourth-order valence-corrected chi connectivity index (χ4v) is 2.16. The van der Waals surface area contributed by atoms with E-state index in [2.05, 4.69) is 4.98 Å². The molecule has 2 rings (SSSR count). The molecule has 0 saturated heterocycles. The Balaban J connectivity index is 2.59. The molecule has 0 fully saturated rings. The molecule has 1 atom stereocenters. The van der Waals surface area contributed by atoms with Crippen molar-refractivity contribution in [3.05, 3.63) is 23.0 Å². The number of alkyl halides is 3. The number of aliphatic hydroxyl groups is 1. The molecule has 2 aromatic rings. The summed E-state index contributed by atoms with van der Waals surface area (Å²) in [5.74, 6) is 0. The Hall–Kier alpha value is -1.08. The van der Waals surface area contributed by atoms with E-state index in [0.717, 1.165) is 0 Å². The minimum atomic E-state index is -4.66. The highest BCUT2D eigenvalue weighted by Crippen LogP contribution is 2.34. The van der Waals surface area contributed by atoms with Crippen LogP contribution < -0.4 is 0 Å². The quantitative estimate of drug-likeness (QED) is 0.824. The number of aliphatic hydroxyl groups excluding tert-OH is 1. The third-order valence-corrected chi connectivity index (χ3v) is 2.81. The molecule has 1 N–H and O–H groups in total. The van der Waals surface area contributed by atoms with Crippen molar-refractivity contribution in [3.63, 3.8) is 0 Å². The molecule has 15 heavy (non-hydrogen) atoms. The molecule has 2 heterocycles.